The van der Waals surface area contributed by atoms with E-state index >= 15 is 0 Å². The molecule has 0 saturated heterocycles. The van der Waals surface area contributed by atoms with Crippen LogP contribution in [0.15, 0.2) is 163 Å². The smallest absolute Gasteiger partial charge is 0.164 e. The maximum Gasteiger partial charge on any atom is 0.164 e. The second-order valence-corrected chi connectivity index (χ2v) is 11.8. The van der Waals surface area contributed by atoms with Gasteiger partial charge < -0.3 is 5.32 Å². The van der Waals surface area contributed by atoms with Gasteiger partial charge in [0.25, 0.3) is 0 Å². The van der Waals surface area contributed by atoms with Gasteiger partial charge in [-0.25, -0.2) is 15.0 Å². The molecule has 0 spiro atoms. The molecular formula is C43H32N4. The lowest BCUT2D eigenvalue weighted by molar-refractivity contribution is 0.903. The van der Waals surface area contributed by atoms with E-state index in [1.165, 1.54) is 33.2 Å². The van der Waals surface area contributed by atoms with E-state index in [4.69, 9.17) is 15.0 Å². The van der Waals surface area contributed by atoms with E-state index in [1.807, 2.05) is 60.7 Å². The average molecular weight is 605 g/mol. The van der Waals surface area contributed by atoms with Gasteiger partial charge in [0, 0.05) is 28.9 Å². The van der Waals surface area contributed by atoms with E-state index in [1.54, 1.807) is 0 Å². The molecular weight excluding hydrogens is 573 g/mol. The average Bonchev–Trinajstić information content (AvgIpc) is 3.15. The summed E-state index contributed by atoms with van der Waals surface area (Å²) in [6.45, 7) is 2.90. The SMILES string of the molecule is CC1=CC=C(c2cccc(-c3cc(-c4nc(-c5ccccc5)nc(-c5ccccc5)n4)cc(-c4cccc5ccccc45)c3)c2)CN1. The minimum Gasteiger partial charge on any atom is -0.384 e. The Labute approximate surface area is 274 Å². The third-order valence-electron chi connectivity index (χ3n) is 8.65. The second kappa shape index (κ2) is 12.3. The van der Waals surface area contributed by atoms with E-state index < -0.39 is 0 Å². The van der Waals surface area contributed by atoms with Gasteiger partial charge in [0.15, 0.2) is 17.5 Å². The summed E-state index contributed by atoms with van der Waals surface area (Å²) in [4.78, 5) is 15.1. The Bertz CT molecular complexity index is 2240. The van der Waals surface area contributed by atoms with Crippen LogP contribution in [0.4, 0.5) is 0 Å². The largest absolute Gasteiger partial charge is 0.384 e. The predicted octanol–water partition coefficient (Wildman–Crippen LogP) is 10.3. The number of benzene rings is 6. The Kier molecular flexibility index (Phi) is 7.44. The van der Waals surface area contributed by atoms with Crippen LogP contribution in [0.3, 0.4) is 0 Å². The molecule has 1 N–H and O–H groups in total. The molecule has 0 fully saturated rings. The molecule has 0 aliphatic carbocycles. The number of allylic oxidation sites excluding steroid dienone is 3. The summed E-state index contributed by atoms with van der Waals surface area (Å²) >= 11 is 0. The van der Waals surface area contributed by atoms with E-state index in [9.17, 15) is 0 Å². The van der Waals surface area contributed by atoms with Crippen LogP contribution in [-0.2, 0) is 0 Å². The number of nitrogens with zero attached hydrogens (tertiary/aromatic N) is 3. The molecule has 47 heavy (non-hydrogen) atoms. The van der Waals surface area contributed by atoms with Crippen molar-refractivity contribution in [2.24, 2.45) is 0 Å². The van der Waals surface area contributed by atoms with Gasteiger partial charge in [-0.05, 0) is 81.4 Å². The van der Waals surface area contributed by atoms with Gasteiger partial charge in [-0.15, -0.1) is 0 Å². The van der Waals surface area contributed by atoms with Crippen molar-refractivity contribution in [1.29, 1.82) is 0 Å². The first-order valence-corrected chi connectivity index (χ1v) is 15.9. The molecule has 0 radical (unpaired) electrons. The molecule has 8 rings (SSSR count). The summed E-state index contributed by atoms with van der Waals surface area (Å²) in [6, 6.07) is 50.8. The minimum absolute atomic E-state index is 0.636. The molecule has 6 aromatic carbocycles. The van der Waals surface area contributed by atoms with E-state index in [2.05, 4.69) is 109 Å². The van der Waals surface area contributed by atoms with Gasteiger partial charge >= 0.3 is 0 Å². The predicted molar refractivity (Wildman–Crippen MR) is 194 cm³/mol. The number of dihydropyridines is 1. The fourth-order valence-electron chi connectivity index (χ4n) is 6.17. The fourth-order valence-corrected chi connectivity index (χ4v) is 6.17. The standard InChI is InChI=1S/C43H32N4/c1-29-22-23-35(28-44-29)33-18-10-19-34(24-33)36-25-37(40-21-11-17-30-12-8-9-20-39(30)40)27-38(26-36)43-46-41(31-13-4-2-5-14-31)45-42(47-43)32-15-6-3-7-16-32/h2-27,44H,28H2,1H3. The van der Waals surface area contributed by atoms with Gasteiger partial charge in [-0.1, -0.05) is 127 Å². The Morgan fingerprint density at radius 3 is 1.68 bits per heavy atom. The Balaban J connectivity index is 1.35. The highest BCUT2D eigenvalue weighted by Crippen LogP contribution is 2.37. The molecule has 1 aromatic heterocycles. The zero-order valence-corrected chi connectivity index (χ0v) is 26.1. The Morgan fingerprint density at radius 1 is 0.447 bits per heavy atom. The summed E-state index contributed by atoms with van der Waals surface area (Å²) in [7, 11) is 0. The highest BCUT2D eigenvalue weighted by Gasteiger charge is 2.16. The molecule has 0 saturated carbocycles. The van der Waals surface area contributed by atoms with Gasteiger partial charge in [0.2, 0.25) is 0 Å². The van der Waals surface area contributed by atoms with Crippen LogP contribution in [0, 0.1) is 0 Å². The summed E-state index contributed by atoms with van der Waals surface area (Å²) in [5.74, 6) is 1.93. The van der Waals surface area contributed by atoms with E-state index in [0.29, 0.717) is 17.5 Å². The van der Waals surface area contributed by atoms with Crippen molar-refractivity contribution in [2.75, 3.05) is 6.54 Å². The first-order valence-electron chi connectivity index (χ1n) is 15.9. The number of aromatic nitrogens is 3. The Morgan fingerprint density at radius 2 is 0.979 bits per heavy atom. The molecule has 0 amide bonds. The van der Waals surface area contributed by atoms with Crippen molar-refractivity contribution in [3.05, 3.63) is 169 Å². The fraction of sp³-hybridized carbons (Fsp3) is 0.0465. The van der Waals surface area contributed by atoms with Gasteiger partial charge in [0.05, 0.1) is 0 Å². The van der Waals surface area contributed by atoms with Crippen molar-refractivity contribution in [2.45, 2.75) is 6.92 Å². The number of rotatable bonds is 6. The molecule has 1 aliphatic rings. The normalized spacial score (nSPS) is 12.7. The van der Waals surface area contributed by atoms with Crippen LogP contribution in [0.1, 0.15) is 12.5 Å². The number of fused-ring (bicyclic) bond motifs is 1. The van der Waals surface area contributed by atoms with Crippen LogP contribution in [0.5, 0.6) is 0 Å². The third kappa shape index (κ3) is 5.85. The molecule has 0 atom stereocenters. The van der Waals surface area contributed by atoms with Crippen LogP contribution in [-0.4, -0.2) is 21.5 Å². The van der Waals surface area contributed by atoms with Gasteiger partial charge in [-0.2, -0.15) is 0 Å². The van der Waals surface area contributed by atoms with Crippen molar-refractivity contribution in [1.82, 2.24) is 20.3 Å². The maximum atomic E-state index is 5.08. The van der Waals surface area contributed by atoms with Crippen LogP contribution in [0.25, 0.3) is 72.8 Å². The highest BCUT2D eigenvalue weighted by molar-refractivity contribution is 5.98. The third-order valence-corrected chi connectivity index (χ3v) is 8.65. The lowest BCUT2D eigenvalue weighted by Gasteiger charge is -2.17. The topological polar surface area (TPSA) is 50.7 Å². The number of hydrogen-bond acceptors (Lipinski definition) is 4. The van der Waals surface area contributed by atoms with E-state index in [-0.39, 0.29) is 0 Å². The molecule has 7 aromatic rings. The molecule has 4 heteroatoms. The summed E-state index contributed by atoms with van der Waals surface area (Å²) in [5, 5.41) is 5.89. The van der Waals surface area contributed by atoms with Crippen LogP contribution < -0.4 is 5.32 Å². The molecule has 0 unspecified atom stereocenters. The first kappa shape index (κ1) is 28.4. The van der Waals surface area contributed by atoms with Crippen molar-refractivity contribution >= 4 is 16.3 Å². The number of hydrogen-bond donors (Lipinski definition) is 1. The number of nitrogens with one attached hydrogen (secondary N) is 1. The van der Waals surface area contributed by atoms with E-state index in [0.717, 1.165) is 39.9 Å². The first-order chi connectivity index (χ1) is 23.2. The monoisotopic (exact) mass is 604 g/mol. The van der Waals surface area contributed by atoms with Crippen molar-refractivity contribution in [3.8, 4) is 56.4 Å². The zero-order chi connectivity index (χ0) is 31.6. The quantitative estimate of drug-likeness (QED) is 0.205. The molecule has 1 aliphatic heterocycles. The van der Waals surface area contributed by atoms with Crippen LogP contribution >= 0.6 is 0 Å². The van der Waals surface area contributed by atoms with Crippen molar-refractivity contribution < 1.29 is 0 Å². The maximum absolute atomic E-state index is 5.08. The van der Waals surface area contributed by atoms with Gasteiger partial charge in [0.1, 0.15) is 0 Å². The minimum atomic E-state index is 0.636. The Hall–Kier alpha value is -6.13. The highest BCUT2D eigenvalue weighted by atomic mass is 15.0. The zero-order valence-electron chi connectivity index (χ0n) is 26.1. The molecule has 2 heterocycles. The molecule has 4 nitrogen and oxygen atoms in total. The van der Waals surface area contributed by atoms with Crippen molar-refractivity contribution in [3.63, 3.8) is 0 Å². The summed E-state index contributed by atoms with van der Waals surface area (Å²) in [6.07, 6.45) is 4.35. The lowest BCUT2D eigenvalue weighted by atomic mass is 9.91. The van der Waals surface area contributed by atoms with Crippen LogP contribution in [0.2, 0.25) is 0 Å². The molecule has 0 bridgehead atoms. The molecule has 224 valence electrons. The van der Waals surface area contributed by atoms with Gasteiger partial charge in [-0.3, -0.25) is 0 Å². The summed E-state index contributed by atoms with van der Waals surface area (Å²) < 4.78 is 0. The summed E-state index contributed by atoms with van der Waals surface area (Å²) in [5.41, 5.74) is 11.0. The lowest BCUT2D eigenvalue weighted by Crippen LogP contribution is -2.16. The second-order valence-electron chi connectivity index (χ2n) is 11.8.